The lowest BCUT2D eigenvalue weighted by Gasteiger charge is -2.27. The number of aliphatic carboxylic acids is 1. The molecule has 0 aromatic heterocycles. The number of carbonyl (C=O) groups excluding carboxylic acids is 3. The maximum atomic E-state index is 13.5. The van der Waals surface area contributed by atoms with Crippen LogP contribution >= 0.6 is 0 Å². The van der Waals surface area contributed by atoms with E-state index < -0.39 is 29.6 Å². The zero-order valence-corrected chi connectivity index (χ0v) is 19.2. The minimum Gasteiger partial charge on any atom is -0.550 e. The van der Waals surface area contributed by atoms with Crippen LogP contribution in [-0.4, -0.2) is 17.7 Å². The highest BCUT2D eigenvalue weighted by molar-refractivity contribution is 6.00. The van der Waals surface area contributed by atoms with E-state index in [9.17, 15) is 19.5 Å². The number of nitrogens with one attached hydrogen (secondary N) is 1. The van der Waals surface area contributed by atoms with Gasteiger partial charge in [-0.05, 0) is 41.3 Å². The first kappa shape index (κ1) is 22.5. The van der Waals surface area contributed by atoms with Gasteiger partial charge in [-0.3, -0.25) is 9.59 Å². The number of hydrogen-bond donors (Lipinski definition) is 1. The molecule has 3 aromatic rings. The molecule has 1 saturated carbocycles. The third kappa shape index (κ3) is 4.10. The molecular weight excluding hydrogens is 438 g/mol. The predicted molar refractivity (Wildman–Crippen MR) is 132 cm³/mol. The van der Waals surface area contributed by atoms with Gasteiger partial charge in [-0.2, -0.15) is 0 Å². The summed E-state index contributed by atoms with van der Waals surface area (Å²) >= 11 is 0. The molecule has 0 unspecified atom stereocenters. The number of Topliss-reactive ketones (excluding diaryl/α,β-unsaturated/α-hetero) is 1. The van der Waals surface area contributed by atoms with Crippen molar-refractivity contribution in [3.8, 4) is 0 Å². The van der Waals surface area contributed by atoms with Crippen LogP contribution < -0.4 is 10.4 Å². The first-order valence-electron chi connectivity index (χ1n) is 11.6. The number of rotatable bonds is 6. The van der Waals surface area contributed by atoms with Gasteiger partial charge in [-0.25, -0.2) is 0 Å². The molecule has 3 aromatic carbocycles. The van der Waals surface area contributed by atoms with Gasteiger partial charge < -0.3 is 15.2 Å². The van der Waals surface area contributed by atoms with Crippen molar-refractivity contribution in [1.29, 1.82) is 0 Å². The number of carboxylic acids is 1. The number of anilines is 1. The van der Waals surface area contributed by atoms with Gasteiger partial charge in [0.05, 0.1) is 5.92 Å². The summed E-state index contributed by atoms with van der Waals surface area (Å²) in [6.07, 6.45) is 3.84. The number of amides is 1. The zero-order valence-electron chi connectivity index (χ0n) is 19.2. The van der Waals surface area contributed by atoms with Crippen molar-refractivity contribution in [3.05, 3.63) is 119 Å². The summed E-state index contributed by atoms with van der Waals surface area (Å²) in [6, 6.07) is 26.4. The van der Waals surface area contributed by atoms with Gasteiger partial charge >= 0.3 is 0 Å². The van der Waals surface area contributed by atoms with Gasteiger partial charge in [0.1, 0.15) is 0 Å². The molecule has 1 amide bonds. The van der Waals surface area contributed by atoms with Crippen LogP contribution in [0.15, 0.2) is 103 Å². The lowest BCUT2D eigenvalue weighted by molar-refractivity contribution is -0.313. The van der Waals surface area contributed by atoms with Gasteiger partial charge in [0.25, 0.3) is 0 Å². The third-order valence-electron chi connectivity index (χ3n) is 6.93. The maximum absolute atomic E-state index is 13.5. The third-order valence-corrected chi connectivity index (χ3v) is 6.93. The second kappa shape index (κ2) is 9.18. The molecule has 0 spiro atoms. The van der Waals surface area contributed by atoms with Crippen molar-refractivity contribution in [2.45, 2.75) is 6.92 Å². The Morgan fingerprint density at radius 3 is 1.80 bits per heavy atom. The molecule has 1 N–H and O–H groups in total. The van der Waals surface area contributed by atoms with Gasteiger partial charge in [0.2, 0.25) is 5.91 Å². The molecule has 5 nitrogen and oxygen atoms in total. The summed E-state index contributed by atoms with van der Waals surface area (Å²) in [6.45, 7) is 1.46. The van der Waals surface area contributed by atoms with Crippen LogP contribution in [-0.2, 0) is 9.59 Å². The van der Waals surface area contributed by atoms with Crippen LogP contribution in [0, 0.1) is 23.7 Å². The first-order chi connectivity index (χ1) is 17.0. The molecular formula is C30H24NO4-. The van der Waals surface area contributed by atoms with E-state index in [1.807, 2.05) is 72.8 Å². The smallest absolute Gasteiger partial charge is 0.229 e. The van der Waals surface area contributed by atoms with Crippen molar-refractivity contribution < 1.29 is 19.5 Å². The van der Waals surface area contributed by atoms with Gasteiger partial charge in [-0.15, -0.1) is 0 Å². The molecule has 5 heteroatoms. The average molecular weight is 463 g/mol. The number of allylic oxidation sites excluding steroid dienone is 3. The average Bonchev–Trinajstić information content (AvgIpc) is 3.42. The van der Waals surface area contributed by atoms with E-state index in [4.69, 9.17) is 0 Å². The second-order valence-electron chi connectivity index (χ2n) is 9.00. The fraction of sp³-hybridized carbons (Fsp3) is 0.167. The minimum atomic E-state index is -1.24. The summed E-state index contributed by atoms with van der Waals surface area (Å²) in [5.41, 5.74) is 4.76. The molecule has 1 fully saturated rings. The van der Waals surface area contributed by atoms with Crippen LogP contribution in [0.3, 0.4) is 0 Å². The molecule has 0 saturated heterocycles. The summed E-state index contributed by atoms with van der Waals surface area (Å²) in [5.74, 6) is -4.38. The molecule has 0 radical (unpaired) electrons. The second-order valence-corrected chi connectivity index (χ2v) is 9.00. The van der Waals surface area contributed by atoms with E-state index in [1.54, 1.807) is 24.3 Å². The first-order valence-corrected chi connectivity index (χ1v) is 11.6. The van der Waals surface area contributed by atoms with Crippen molar-refractivity contribution in [2.75, 3.05) is 5.32 Å². The Morgan fingerprint density at radius 2 is 1.26 bits per heavy atom. The number of hydrogen-bond acceptors (Lipinski definition) is 4. The number of benzene rings is 3. The van der Waals surface area contributed by atoms with Crippen LogP contribution in [0.1, 0.15) is 28.4 Å². The van der Waals surface area contributed by atoms with Crippen molar-refractivity contribution in [3.63, 3.8) is 0 Å². The monoisotopic (exact) mass is 462 g/mol. The van der Waals surface area contributed by atoms with Crippen LogP contribution in [0.25, 0.3) is 5.57 Å². The Morgan fingerprint density at radius 1 is 0.714 bits per heavy atom. The SMILES string of the molecule is CC(=O)c1cccc(NC(=O)[C@H]2[C@H](C(=O)[O-])[C@@H]3C=C[C@@H]2C3=C(c2ccccc2)c2ccccc2)c1. The Kier molecular flexibility index (Phi) is 5.91. The molecule has 2 bridgehead atoms. The summed E-state index contributed by atoms with van der Waals surface area (Å²) in [4.78, 5) is 37.6. The van der Waals surface area contributed by atoms with E-state index in [0.717, 1.165) is 22.3 Å². The largest absolute Gasteiger partial charge is 0.550 e. The minimum absolute atomic E-state index is 0.114. The summed E-state index contributed by atoms with van der Waals surface area (Å²) in [7, 11) is 0. The Bertz CT molecular complexity index is 1320. The van der Waals surface area contributed by atoms with Crippen molar-refractivity contribution in [1.82, 2.24) is 0 Å². The standard InChI is InChI=1S/C30H25NO4/c1-18(32)21-13-8-14-22(17-21)31-29(33)27-23-15-16-24(28(27)30(34)35)26(23)25(19-9-4-2-5-10-19)20-11-6-3-7-12-20/h2-17,23-24,27-28H,1H3,(H,31,33)(H,34,35)/p-1/t23-,24-,27-,28-/m1/s1. The molecule has 2 aliphatic carbocycles. The molecule has 174 valence electrons. The number of carbonyl (C=O) groups is 3. The quantitative estimate of drug-likeness (QED) is 0.441. The van der Waals surface area contributed by atoms with Gasteiger partial charge in [0, 0.05) is 35.0 Å². The molecule has 4 atom stereocenters. The lowest BCUT2D eigenvalue weighted by Crippen LogP contribution is -2.42. The normalized spacial score (nSPS) is 22.1. The maximum Gasteiger partial charge on any atom is 0.229 e. The number of ketones is 1. The zero-order chi connectivity index (χ0) is 24.5. The van der Waals surface area contributed by atoms with Crippen LogP contribution in [0.5, 0.6) is 0 Å². The lowest BCUT2D eigenvalue weighted by atomic mass is 9.82. The molecule has 5 rings (SSSR count). The molecule has 35 heavy (non-hydrogen) atoms. The highest BCUT2D eigenvalue weighted by Crippen LogP contribution is 2.55. The molecule has 0 aliphatic heterocycles. The van der Waals surface area contributed by atoms with E-state index >= 15 is 0 Å². The number of carboxylic acid groups (broad SMARTS) is 1. The Balaban J connectivity index is 1.60. The van der Waals surface area contributed by atoms with Crippen LogP contribution in [0.4, 0.5) is 5.69 Å². The number of fused-ring (bicyclic) bond motifs is 2. The summed E-state index contributed by atoms with van der Waals surface area (Å²) < 4.78 is 0. The fourth-order valence-electron chi connectivity index (χ4n) is 5.45. The Labute approximate surface area is 203 Å². The molecule has 0 heterocycles. The van der Waals surface area contributed by atoms with E-state index in [1.165, 1.54) is 6.92 Å². The van der Waals surface area contributed by atoms with E-state index in [2.05, 4.69) is 5.32 Å². The van der Waals surface area contributed by atoms with Gasteiger partial charge in [-0.1, -0.05) is 84.9 Å². The van der Waals surface area contributed by atoms with Crippen molar-refractivity contribution in [2.24, 2.45) is 23.7 Å². The molecule has 2 aliphatic rings. The van der Waals surface area contributed by atoms with Crippen molar-refractivity contribution >= 4 is 28.9 Å². The fourth-order valence-corrected chi connectivity index (χ4v) is 5.45. The highest BCUT2D eigenvalue weighted by atomic mass is 16.4. The highest BCUT2D eigenvalue weighted by Gasteiger charge is 2.53. The van der Waals surface area contributed by atoms with Crippen LogP contribution in [0.2, 0.25) is 0 Å². The van der Waals surface area contributed by atoms with Gasteiger partial charge in [0.15, 0.2) is 5.78 Å². The topological polar surface area (TPSA) is 86.3 Å². The van der Waals surface area contributed by atoms with E-state index in [-0.39, 0.29) is 11.7 Å². The van der Waals surface area contributed by atoms with E-state index in [0.29, 0.717) is 11.3 Å². The summed E-state index contributed by atoms with van der Waals surface area (Å²) in [5, 5.41) is 15.2. The predicted octanol–water partition coefficient (Wildman–Crippen LogP) is 4.13. The Hall–Kier alpha value is -4.25.